The highest BCUT2D eigenvalue weighted by molar-refractivity contribution is 5.45. The van der Waals surface area contributed by atoms with E-state index >= 15 is 0 Å². The predicted molar refractivity (Wildman–Crippen MR) is 73.7 cm³/mol. The van der Waals surface area contributed by atoms with Gasteiger partial charge in [0.25, 0.3) is 0 Å². The Morgan fingerprint density at radius 2 is 1.83 bits per heavy atom. The van der Waals surface area contributed by atoms with E-state index in [1.54, 1.807) is 12.1 Å². The van der Waals surface area contributed by atoms with Crippen molar-refractivity contribution in [3.8, 4) is 5.75 Å². The predicted octanol–water partition coefficient (Wildman–Crippen LogP) is 3.12. The molecule has 1 fully saturated rings. The van der Waals surface area contributed by atoms with E-state index in [0.29, 0.717) is 11.7 Å². The van der Waals surface area contributed by atoms with Crippen molar-refractivity contribution in [2.75, 3.05) is 13.1 Å². The molecule has 3 rings (SSSR count). The first kappa shape index (κ1) is 11.5. The molecule has 2 N–H and O–H groups in total. The van der Waals surface area contributed by atoms with Gasteiger partial charge in [0.1, 0.15) is 5.75 Å². The van der Waals surface area contributed by atoms with Crippen LogP contribution >= 0.6 is 0 Å². The van der Waals surface area contributed by atoms with Crippen LogP contribution in [0.5, 0.6) is 5.75 Å². The van der Waals surface area contributed by atoms with Gasteiger partial charge in [-0.2, -0.15) is 0 Å². The van der Waals surface area contributed by atoms with Crippen LogP contribution in [0.3, 0.4) is 0 Å². The molecule has 94 valence electrons. The van der Waals surface area contributed by atoms with Gasteiger partial charge in [0.05, 0.1) is 0 Å². The van der Waals surface area contributed by atoms with Crippen LogP contribution in [0.1, 0.15) is 30.7 Å². The lowest BCUT2D eigenvalue weighted by molar-refractivity contribution is 0.475. The summed E-state index contributed by atoms with van der Waals surface area (Å²) in [5.74, 6) is 0.772. The summed E-state index contributed by atoms with van der Waals surface area (Å²) in [4.78, 5) is 0. The summed E-state index contributed by atoms with van der Waals surface area (Å²) >= 11 is 0. The molecule has 1 aliphatic carbocycles. The van der Waals surface area contributed by atoms with E-state index in [0.717, 1.165) is 25.9 Å². The van der Waals surface area contributed by atoms with Crippen LogP contribution in [0.15, 0.2) is 47.6 Å². The maximum Gasteiger partial charge on any atom is 0.115 e. The first-order valence-corrected chi connectivity index (χ1v) is 6.74. The molecule has 2 nitrogen and oxygen atoms in total. The Morgan fingerprint density at radius 3 is 2.67 bits per heavy atom. The van der Waals surface area contributed by atoms with Crippen LogP contribution in [-0.4, -0.2) is 18.2 Å². The quantitative estimate of drug-likeness (QED) is 0.791. The van der Waals surface area contributed by atoms with Gasteiger partial charge in [-0.3, -0.25) is 0 Å². The molecule has 1 aromatic rings. The number of phenolic OH excluding ortho intramolecular Hbond substituents is 1. The minimum absolute atomic E-state index is 0.341. The summed E-state index contributed by atoms with van der Waals surface area (Å²) in [5, 5.41) is 12.9. The molecular formula is C16H19NO. The zero-order valence-corrected chi connectivity index (χ0v) is 10.5. The number of hydrogen-bond donors (Lipinski definition) is 2. The number of benzene rings is 1. The first-order valence-electron chi connectivity index (χ1n) is 6.74. The fourth-order valence-corrected chi connectivity index (χ4v) is 2.94. The Kier molecular flexibility index (Phi) is 3.20. The van der Waals surface area contributed by atoms with Gasteiger partial charge in [0, 0.05) is 12.5 Å². The van der Waals surface area contributed by atoms with Gasteiger partial charge < -0.3 is 10.4 Å². The molecule has 0 bridgehead atoms. The highest BCUT2D eigenvalue weighted by atomic mass is 16.3. The third kappa shape index (κ3) is 2.21. The van der Waals surface area contributed by atoms with Crippen molar-refractivity contribution in [3.63, 3.8) is 0 Å². The maximum atomic E-state index is 9.40. The van der Waals surface area contributed by atoms with Crippen molar-refractivity contribution in [2.24, 2.45) is 0 Å². The minimum atomic E-state index is 0.341. The SMILES string of the molecule is Oc1ccc(C2CNCCC3=CCCC=C32)cc1. The minimum Gasteiger partial charge on any atom is -0.508 e. The molecule has 0 saturated carbocycles. The average molecular weight is 241 g/mol. The van der Waals surface area contributed by atoms with E-state index in [4.69, 9.17) is 0 Å². The molecule has 1 saturated heterocycles. The molecule has 1 aromatic carbocycles. The van der Waals surface area contributed by atoms with Gasteiger partial charge in [-0.1, -0.05) is 24.3 Å². The van der Waals surface area contributed by atoms with Crippen molar-refractivity contribution < 1.29 is 5.11 Å². The van der Waals surface area contributed by atoms with Gasteiger partial charge in [-0.25, -0.2) is 0 Å². The van der Waals surface area contributed by atoms with Crippen molar-refractivity contribution in [2.45, 2.75) is 25.2 Å². The number of hydrogen-bond acceptors (Lipinski definition) is 2. The van der Waals surface area contributed by atoms with E-state index < -0.39 is 0 Å². The van der Waals surface area contributed by atoms with Crippen LogP contribution in [0.4, 0.5) is 0 Å². The number of allylic oxidation sites excluding steroid dienone is 2. The highest BCUT2D eigenvalue weighted by Gasteiger charge is 2.23. The fourth-order valence-electron chi connectivity index (χ4n) is 2.94. The molecule has 1 unspecified atom stereocenters. The van der Waals surface area contributed by atoms with Crippen LogP contribution in [0.25, 0.3) is 0 Å². The summed E-state index contributed by atoms with van der Waals surface area (Å²) in [6.07, 6.45) is 8.28. The monoisotopic (exact) mass is 241 g/mol. The molecule has 2 heteroatoms. The van der Waals surface area contributed by atoms with Crippen LogP contribution in [-0.2, 0) is 0 Å². The molecule has 1 heterocycles. The second-order valence-corrected chi connectivity index (χ2v) is 5.06. The maximum absolute atomic E-state index is 9.40. The Hall–Kier alpha value is -1.54. The largest absolute Gasteiger partial charge is 0.508 e. The van der Waals surface area contributed by atoms with Gasteiger partial charge in [0.15, 0.2) is 0 Å². The lowest BCUT2D eigenvalue weighted by Gasteiger charge is -2.22. The average Bonchev–Trinajstić information content (AvgIpc) is 2.62. The summed E-state index contributed by atoms with van der Waals surface area (Å²) < 4.78 is 0. The Labute approximate surface area is 108 Å². The lowest BCUT2D eigenvalue weighted by atomic mass is 9.83. The van der Waals surface area contributed by atoms with Crippen molar-refractivity contribution in [1.29, 1.82) is 0 Å². The third-order valence-electron chi connectivity index (χ3n) is 3.88. The summed E-state index contributed by atoms with van der Waals surface area (Å²) in [5.41, 5.74) is 4.31. The van der Waals surface area contributed by atoms with E-state index in [1.807, 2.05) is 12.1 Å². The normalized spacial score (nSPS) is 23.7. The van der Waals surface area contributed by atoms with Gasteiger partial charge in [-0.05, 0) is 54.6 Å². The number of phenols is 1. The van der Waals surface area contributed by atoms with E-state index in [9.17, 15) is 5.11 Å². The van der Waals surface area contributed by atoms with Crippen molar-refractivity contribution in [1.82, 2.24) is 5.32 Å². The topological polar surface area (TPSA) is 32.3 Å². The zero-order chi connectivity index (χ0) is 12.4. The molecule has 1 aliphatic heterocycles. The Morgan fingerprint density at radius 1 is 1.06 bits per heavy atom. The number of aromatic hydroxyl groups is 1. The lowest BCUT2D eigenvalue weighted by Crippen LogP contribution is -2.20. The van der Waals surface area contributed by atoms with Crippen molar-refractivity contribution in [3.05, 3.63) is 53.1 Å². The first-order chi connectivity index (χ1) is 8.84. The molecule has 18 heavy (non-hydrogen) atoms. The van der Waals surface area contributed by atoms with E-state index in [-0.39, 0.29) is 0 Å². The summed E-state index contributed by atoms with van der Waals surface area (Å²) in [6, 6.07) is 7.65. The van der Waals surface area contributed by atoms with Crippen LogP contribution < -0.4 is 5.32 Å². The molecule has 0 radical (unpaired) electrons. The zero-order valence-electron chi connectivity index (χ0n) is 10.5. The summed E-state index contributed by atoms with van der Waals surface area (Å²) in [7, 11) is 0. The third-order valence-corrected chi connectivity index (χ3v) is 3.88. The second kappa shape index (κ2) is 4.99. The van der Waals surface area contributed by atoms with Crippen LogP contribution in [0, 0.1) is 0 Å². The second-order valence-electron chi connectivity index (χ2n) is 5.06. The Balaban J connectivity index is 1.96. The van der Waals surface area contributed by atoms with E-state index in [1.165, 1.54) is 23.1 Å². The Bertz CT molecular complexity index is 484. The molecule has 2 aliphatic rings. The highest BCUT2D eigenvalue weighted by Crippen LogP contribution is 2.35. The smallest absolute Gasteiger partial charge is 0.115 e. The van der Waals surface area contributed by atoms with Gasteiger partial charge >= 0.3 is 0 Å². The van der Waals surface area contributed by atoms with Gasteiger partial charge in [0.2, 0.25) is 0 Å². The molecule has 0 aromatic heterocycles. The standard InChI is InChI=1S/C16H19NO/c18-14-7-5-13(6-8-14)16-11-17-10-9-12-3-1-2-4-15(12)16/h3-8,16-18H,1-2,9-11H2. The van der Waals surface area contributed by atoms with Crippen molar-refractivity contribution >= 4 is 0 Å². The molecule has 1 atom stereocenters. The van der Waals surface area contributed by atoms with Gasteiger partial charge in [-0.15, -0.1) is 0 Å². The molecular weight excluding hydrogens is 222 g/mol. The van der Waals surface area contributed by atoms with E-state index in [2.05, 4.69) is 17.5 Å². The van der Waals surface area contributed by atoms with Crippen LogP contribution in [0.2, 0.25) is 0 Å². The summed E-state index contributed by atoms with van der Waals surface area (Å²) in [6.45, 7) is 2.06. The number of fused-ring (bicyclic) bond motifs is 1. The number of rotatable bonds is 1. The number of nitrogens with one attached hydrogen (secondary N) is 1. The fraction of sp³-hybridized carbons (Fsp3) is 0.375. The molecule has 0 spiro atoms. The molecule has 0 amide bonds.